The van der Waals surface area contributed by atoms with Gasteiger partial charge in [-0.05, 0) is 36.1 Å². The quantitative estimate of drug-likeness (QED) is 0.842. The zero-order valence-corrected chi connectivity index (χ0v) is 13.4. The first kappa shape index (κ1) is 14.5. The number of para-hydroxylation sites is 1. The Morgan fingerprint density at radius 3 is 2.71 bits per heavy atom. The lowest BCUT2D eigenvalue weighted by Crippen LogP contribution is -2.22. The van der Waals surface area contributed by atoms with Crippen LogP contribution in [0.1, 0.15) is 29.7 Å². The van der Waals surface area contributed by atoms with E-state index >= 15 is 0 Å². The molecule has 0 fully saturated rings. The maximum Gasteiger partial charge on any atom is 0.127 e. The molecular weight excluding hydrogens is 278 g/mol. The second-order valence-electron chi connectivity index (χ2n) is 5.20. The molecule has 1 heterocycles. The number of ether oxygens (including phenoxy) is 1. The summed E-state index contributed by atoms with van der Waals surface area (Å²) in [6, 6.07) is 15.5. The highest BCUT2D eigenvalue weighted by molar-refractivity contribution is 7.98. The molecule has 3 rings (SSSR count). The van der Waals surface area contributed by atoms with Crippen molar-refractivity contribution in [1.82, 2.24) is 5.32 Å². The fourth-order valence-corrected chi connectivity index (χ4v) is 3.28. The average molecular weight is 299 g/mol. The van der Waals surface area contributed by atoms with Crippen molar-refractivity contribution in [2.24, 2.45) is 0 Å². The van der Waals surface area contributed by atoms with Crippen molar-refractivity contribution in [3.8, 4) is 5.75 Å². The van der Waals surface area contributed by atoms with E-state index in [0.717, 1.165) is 25.3 Å². The number of thioether (sulfide) groups is 1. The highest BCUT2D eigenvalue weighted by atomic mass is 32.2. The topological polar surface area (TPSA) is 21.3 Å². The minimum Gasteiger partial charge on any atom is -0.493 e. The van der Waals surface area contributed by atoms with Crippen LogP contribution in [-0.4, -0.2) is 19.4 Å². The van der Waals surface area contributed by atoms with E-state index in [9.17, 15) is 0 Å². The summed E-state index contributed by atoms with van der Waals surface area (Å²) in [5, 5.41) is 3.60. The molecule has 0 saturated carbocycles. The molecule has 0 spiro atoms. The standard InChI is InChI=1S/C18H21NOS/c1-3-19-17(13-7-9-15(21-2)10-8-13)16-6-4-5-14-11-12-20-18(14)16/h4-10,17,19H,3,11-12H2,1-2H3. The summed E-state index contributed by atoms with van der Waals surface area (Å²) in [4.78, 5) is 1.29. The third kappa shape index (κ3) is 2.94. The summed E-state index contributed by atoms with van der Waals surface area (Å²) in [6.45, 7) is 3.88. The number of fused-ring (bicyclic) bond motifs is 1. The van der Waals surface area contributed by atoms with Gasteiger partial charge in [-0.25, -0.2) is 0 Å². The van der Waals surface area contributed by atoms with Gasteiger partial charge in [0.25, 0.3) is 0 Å². The van der Waals surface area contributed by atoms with Gasteiger partial charge in [-0.15, -0.1) is 11.8 Å². The highest BCUT2D eigenvalue weighted by Gasteiger charge is 2.22. The molecule has 21 heavy (non-hydrogen) atoms. The average Bonchev–Trinajstić information content (AvgIpc) is 3.01. The maximum atomic E-state index is 5.88. The lowest BCUT2D eigenvalue weighted by atomic mass is 9.96. The molecule has 0 aliphatic carbocycles. The second kappa shape index (κ2) is 6.54. The van der Waals surface area contributed by atoms with Crippen LogP contribution in [0.4, 0.5) is 0 Å². The molecule has 1 N–H and O–H groups in total. The first-order valence-corrected chi connectivity index (χ1v) is 8.68. The largest absolute Gasteiger partial charge is 0.493 e. The van der Waals surface area contributed by atoms with Crippen LogP contribution in [0.2, 0.25) is 0 Å². The molecule has 1 aliphatic heterocycles. The Morgan fingerprint density at radius 1 is 1.19 bits per heavy atom. The molecule has 0 radical (unpaired) electrons. The molecule has 1 unspecified atom stereocenters. The Balaban J connectivity index is 1.99. The van der Waals surface area contributed by atoms with Gasteiger partial charge in [0.2, 0.25) is 0 Å². The third-order valence-corrected chi connectivity index (χ3v) is 4.66. The predicted octanol–water partition coefficient (Wildman–Crippen LogP) is 4.04. The lowest BCUT2D eigenvalue weighted by Gasteiger charge is -2.21. The van der Waals surface area contributed by atoms with Gasteiger partial charge >= 0.3 is 0 Å². The first-order chi connectivity index (χ1) is 10.3. The van der Waals surface area contributed by atoms with Crippen LogP contribution >= 0.6 is 11.8 Å². The van der Waals surface area contributed by atoms with Crippen molar-refractivity contribution in [2.45, 2.75) is 24.3 Å². The molecule has 0 aromatic heterocycles. The van der Waals surface area contributed by atoms with Gasteiger partial charge in [-0.2, -0.15) is 0 Å². The van der Waals surface area contributed by atoms with Crippen LogP contribution < -0.4 is 10.1 Å². The van der Waals surface area contributed by atoms with E-state index in [1.165, 1.54) is 21.6 Å². The van der Waals surface area contributed by atoms with E-state index in [0.29, 0.717) is 0 Å². The van der Waals surface area contributed by atoms with Crippen LogP contribution in [0.25, 0.3) is 0 Å². The third-order valence-electron chi connectivity index (χ3n) is 3.91. The molecule has 2 aromatic carbocycles. The zero-order chi connectivity index (χ0) is 14.7. The summed E-state index contributed by atoms with van der Waals surface area (Å²) >= 11 is 1.77. The Bertz CT molecular complexity index is 609. The Labute approximate surface area is 130 Å². The summed E-state index contributed by atoms with van der Waals surface area (Å²) in [5.74, 6) is 1.08. The van der Waals surface area contributed by atoms with Crippen molar-refractivity contribution in [1.29, 1.82) is 0 Å². The highest BCUT2D eigenvalue weighted by Crippen LogP contribution is 2.36. The van der Waals surface area contributed by atoms with E-state index < -0.39 is 0 Å². The van der Waals surface area contributed by atoms with Crippen LogP contribution in [-0.2, 0) is 6.42 Å². The second-order valence-corrected chi connectivity index (χ2v) is 6.08. The number of hydrogen-bond donors (Lipinski definition) is 1. The molecule has 2 aromatic rings. The molecule has 0 bridgehead atoms. The van der Waals surface area contributed by atoms with Gasteiger partial charge in [0.1, 0.15) is 5.75 Å². The maximum absolute atomic E-state index is 5.88. The van der Waals surface area contributed by atoms with Crippen LogP contribution in [0.15, 0.2) is 47.4 Å². The van der Waals surface area contributed by atoms with Crippen molar-refractivity contribution in [3.63, 3.8) is 0 Å². The number of nitrogens with one attached hydrogen (secondary N) is 1. The van der Waals surface area contributed by atoms with Gasteiger partial charge in [0, 0.05) is 16.9 Å². The fourth-order valence-electron chi connectivity index (χ4n) is 2.88. The minimum absolute atomic E-state index is 0.193. The smallest absolute Gasteiger partial charge is 0.127 e. The van der Waals surface area contributed by atoms with Gasteiger partial charge in [-0.3, -0.25) is 0 Å². The molecule has 1 aliphatic rings. The molecule has 0 amide bonds. The summed E-state index contributed by atoms with van der Waals surface area (Å²) in [5.41, 5.74) is 3.87. The summed E-state index contributed by atoms with van der Waals surface area (Å²) < 4.78 is 5.88. The van der Waals surface area contributed by atoms with Crippen molar-refractivity contribution >= 4 is 11.8 Å². The Hall–Kier alpha value is -1.45. The fraction of sp³-hybridized carbons (Fsp3) is 0.333. The predicted molar refractivity (Wildman–Crippen MR) is 89.4 cm³/mol. The van der Waals surface area contributed by atoms with E-state index in [4.69, 9.17) is 4.74 Å². The van der Waals surface area contributed by atoms with Crippen molar-refractivity contribution < 1.29 is 4.74 Å². The first-order valence-electron chi connectivity index (χ1n) is 7.45. The van der Waals surface area contributed by atoms with Crippen LogP contribution in [0.3, 0.4) is 0 Å². The van der Waals surface area contributed by atoms with Gasteiger partial charge < -0.3 is 10.1 Å². The van der Waals surface area contributed by atoms with Crippen molar-refractivity contribution in [3.05, 3.63) is 59.2 Å². The molecular formula is C18H21NOS. The Kier molecular flexibility index (Phi) is 4.51. The molecule has 2 nitrogen and oxygen atoms in total. The summed E-state index contributed by atoms with van der Waals surface area (Å²) in [6.07, 6.45) is 3.13. The van der Waals surface area contributed by atoms with Crippen LogP contribution in [0.5, 0.6) is 5.75 Å². The van der Waals surface area contributed by atoms with E-state index in [-0.39, 0.29) is 6.04 Å². The number of rotatable bonds is 5. The zero-order valence-electron chi connectivity index (χ0n) is 12.6. The van der Waals surface area contributed by atoms with Gasteiger partial charge in [0.15, 0.2) is 0 Å². The van der Waals surface area contributed by atoms with Crippen molar-refractivity contribution in [2.75, 3.05) is 19.4 Å². The minimum atomic E-state index is 0.193. The van der Waals surface area contributed by atoms with E-state index in [1.54, 1.807) is 11.8 Å². The molecule has 0 saturated heterocycles. The Morgan fingerprint density at radius 2 is 2.00 bits per heavy atom. The lowest BCUT2D eigenvalue weighted by molar-refractivity contribution is 0.350. The van der Waals surface area contributed by atoms with Crippen LogP contribution in [0, 0.1) is 0 Å². The molecule has 1 atom stereocenters. The van der Waals surface area contributed by atoms with Gasteiger partial charge in [-0.1, -0.05) is 37.3 Å². The number of benzene rings is 2. The monoisotopic (exact) mass is 299 g/mol. The molecule has 110 valence electrons. The normalized spacial score (nSPS) is 14.6. The number of hydrogen-bond acceptors (Lipinski definition) is 3. The van der Waals surface area contributed by atoms with Gasteiger partial charge in [0.05, 0.1) is 12.6 Å². The van der Waals surface area contributed by atoms with E-state index in [2.05, 4.69) is 61.0 Å². The summed E-state index contributed by atoms with van der Waals surface area (Å²) in [7, 11) is 0. The van der Waals surface area contributed by atoms with E-state index in [1.807, 2.05) is 0 Å². The molecule has 3 heteroatoms. The SMILES string of the molecule is CCNC(c1ccc(SC)cc1)c1cccc2c1OCC2.